The van der Waals surface area contributed by atoms with Gasteiger partial charge in [-0.15, -0.1) is 0 Å². The number of halogens is 1. The summed E-state index contributed by atoms with van der Waals surface area (Å²) in [6.07, 6.45) is 0.768. The van der Waals surface area contributed by atoms with E-state index in [1.165, 1.54) is 4.90 Å². The number of rotatable bonds is 2. The summed E-state index contributed by atoms with van der Waals surface area (Å²) in [5.74, 6) is 0. The highest BCUT2D eigenvalue weighted by molar-refractivity contribution is 9.10. The molecule has 1 rings (SSSR count). The van der Waals surface area contributed by atoms with Crippen molar-refractivity contribution in [3.63, 3.8) is 0 Å². The van der Waals surface area contributed by atoms with Gasteiger partial charge in [-0.05, 0) is 55.3 Å². The summed E-state index contributed by atoms with van der Waals surface area (Å²) in [6.45, 7) is 7.50. The number of amides is 1. The van der Waals surface area contributed by atoms with Gasteiger partial charge in [0.05, 0.1) is 6.04 Å². The van der Waals surface area contributed by atoms with Gasteiger partial charge in [0.25, 0.3) is 0 Å². The smallest absolute Gasteiger partial charge is 0.408 e. The predicted molar refractivity (Wildman–Crippen MR) is 70.0 cm³/mol. The van der Waals surface area contributed by atoms with E-state index >= 15 is 0 Å². The molecule has 0 bridgehead atoms. The molecule has 4 nitrogen and oxygen atoms in total. The molecule has 94 valence electrons. The van der Waals surface area contributed by atoms with Crippen molar-refractivity contribution < 1.29 is 9.90 Å². The lowest BCUT2D eigenvalue weighted by Gasteiger charge is -2.38. The normalized spacial score (nSPS) is 13.2. The molecule has 1 aromatic rings. The summed E-state index contributed by atoms with van der Waals surface area (Å²) in [6, 6.07) is 3.46. The van der Waals surface area contributed by atoms with Crippen LogP contribution in [-0.4, -0.2) is 26.6 Å². The number of hydrogen-bond donors (Lipinski definition) is 1. The summed E-state index contributed by atoms with van der Waals surface area (Å²) in [5, 5.41) is 9.29. The van der Waals surface area contributed by atoms with Crippen molar-refractivity contribution in [2.45, 2.75) is 39.3 Å². The van der Waals surface area contributed by atoms with Crippen LogP contribution in [0.15, 0.2) is 22.9 Å². The van der Waals surface area contributed by atoms with E-state index in [1.807, 2.05) is 39.8 Å². The first-order valence-electron chi connectivity index (χ1n) is 5.37. The van der Waals surface area contributed by atoms with Gasteiger partial charge in [0.2, 0.25) is 0 Å². The van der Waals surface area contributed by atoms with Crippen LogP contribution in [0.4, 0.5) is 4.79 Å². The maximum absolute atomic E-state index is 11.3. The van der Waals surface area contributed by atoms with E-state index in [0.29, 0.717) is 0 Å². The molecule has 0 aromatic carbocycles. The van der Waals surface area contributed by atoms with Gasteiger partial charge in [-0.3, -0.25) is 4.90 Å². The molecule has 1 aromatic heterocycles. The minimum absolute atomic E-state index is 0.229. The van der Waals surface area contributed by atoms with Crippen molar-refractivity contribution >= 4 is 22.0 Å². The minimum Gasteiger partial charge on any atom is -0.465 e. The molecule has 0 radical (unpaired) electrons. The standard InChI is InChI=1S/C12H17BrN2O2/c1-8(9-5-6-10(13)14-7-9)15(11(16)17)12(2,3)4/h5-8H,1-4H3,(H,16,17)/t8-/m0/s1. The third kappa shape index (κ3) is 3.43. The van der Waals surface area contributed by atoms with Crippen molar-refractivity contribution in [1.82, 2.24) is 9.88 Å². The second kappa shape index (κ2) is 5.04. The summed E-state index contributed by atoms with van der Waals surface area (Å²) < 4.78 is 0.742. The van der Waals surface area contributed by atoms with E-state index in [9.17, 15) is 9.90 Å². The summed E-state index contributed by atoms with van der Waals surface area (Å²) >= 11 is 3.26. The van der Waals surface area contributed by atoms with Crippen LogP contribution in [0.1, 0.15) is 39.3 Å². The quantitative estimate of drug-likeness (QED) is 0.848. The van der Waals surface area contributed by atoms with E-state index in [2.05, 4.69) is 20.9 Å². The van der Waals surface area contributed by atoms with E-state index in [4.69, 9.17) is 0 Å². The highest BCUT2D eigenvalue weighted by Gasteiger charge is 2.31. The highest BCUT2D eigenvalue weighted by atomic mass is 79.9. The highest BCUT2D eigenvalue weighted by Crippen LogP contribution is 2.28. The molecule has 1 amide bonds. The molecule has 5 heteroatoms. The first-order chi connectivity index (χ1) is 7.73. The average molecular weight is 301 g/mol. The second-order valence-electron chi connectivity index (χ2n) is 4.91. The van der Waals surface area contributed by atoms with Crippen molar-refractivity contribution in [2.75, 3.05) is 0 Å². The summed E-state index contributed by atoms with van der Waals surface area (Å²) in [4.78, 5) is 16.9. The molecule has 1 heterocycles. The Morgan fingerprint density at radius 1 is 1.47 bits per heavy atom. The first kappa shape index (κ1) is 14.0. The molecule has 0 spiro atoms. The van der Waals surface area contributed by atoms with Crippen LogP contribution in [0.3, 0.4) is 0 Å². The number of nitrogens with zero attached hydrogens (tertiary/aromatic N) is 2. The Morgan fingerprint density at radius 2 is 2.06 bits per heavy atom. The zero-order valence-corrected chi connectivity index (χ0v) is 12.0. The van der Waals surface area contributed by atoms with Gasteiger partial charge in [-0.2, -0.15) is 0 Å². The molecule has 1 N–H and O–H groups in total. The molecule has 1 atom stereocenters. The van der Waals surface area contributed by atoms with E-state index < -0.39 is 11.6 Å². The number of carboxylic acid groups (broad SMARTS) is 1. The van der Waals surface area contributed by atoms with Gasteiger partial charge in [0, 0.05) is 11.7 Å². The summed E-state index contributed by atoms with van der Waals surface area (Å²) in [5.41, 5.74) is 0.434. The molecular formula is C12H17BrN2O2. The Hall–Kier alpha value is -1.10. The maximum atomic E-state index is 11.3. The van der Waals surface area contributed by atoms with Gasteiger partial charge < -0.3 is 5.11 Å². The zero-order valence-electron chi connectivity index (χ0n) is 10.4. The molecular weight excluding hydrogens is 284 g/mol. The van der Waals surface area contributed by atoms with Crippen LogP contribution < -0.4 is 0 Å². The molecule has 0 saturated carbocycles. The lowest BCUT2D eigenvalue weighted by Crippen LogP contribution is -2.46. The number of aromatic nitrogens is 1. The Balaban J connectivity index is 3.04. The van der Waals surface area contributed by atoms with E-state index in [0.717, 1.165) is 10.2 Å². The van der Waals surface area contributed by atoms with Crippen molar-refractivity contribution in [3.8, 4) is 0 Å². The molecule has 17 heavy (non-hydrogen) atoms. The van der Waals surface area contributed by atoms with Gasteiger partial charge >= 0.3 is 6.09 Å². The zero-order chi connectivity index (χ0) is 13.2. The monoisotopic (exact) mass is 300 g/mol. The molecule has 0 aliphatic rings. The second-order valence-corrected chi connectivity index (χ2v) is 5.73. The Morgan fingerprint density at radius 3 is 2.41 bits per heavy atom. The van der Waals surface area contributed by atoms with Crippen LogP contribution in [-0.2, 0) is 0 Å². The number of hydrogen-bond acceptors (Lipinski definition) is 2. The number of pyridine rings is 1. The predicted octanol–water partition coefficient (Wildman–Crippen LogP) is 3.68. The van der Waals surface area contributed by atoms with Crippen LogP contribution in [0.25, 0.3) is 0 Å². The minimum atomic E-state index is -0.923. The van der Waals surface area contributed by atoms with Gasteiger partial charge in [-0.1, -0.05) is 6.07 Å². The molecule has 0 aliphatic carbocycles. The van der Waals surface area contributed by atoms with Gasteiger partial charge in [-0.25, -0.2) is 9.78 Å². The molecule has 0 fully saturated rings. The lowest BCUT2D eigenvalue weighted by atomic mass is 10.0. The fraction of sp³-hybridized carbons (Fsp3) is 0.500. The SMILES string of the molecule is C[C@@H](c1ccc(Br)nc1)N(C(=O)O)C(C)(C)C. The maximum Gasteiger partial charge on any atom is 0.408 e. The van der Waals surface area contributed by atoms with Gasteiger partial charge in [0.15, 0.2) is 0 Å². The third-order valence-electron chi connectivity index (χ3n) is 2.55. The molecule has 0 unspecified atom stereocenters. The van der Waals surface area contributed by atoms with Crippen molar-refractivity contribution in [3.05, 3.63) is 28.5 Å². The van der Waals surface area contributed by atoms with Crippen LogP contribution in [0.5, 0.6) is 0 Å². The Labute approximate surface area is 110 Å². The van der Waals surface area contributed by atoms with Gasteiger partial charge in [0.1, 0.15) is 4.60 Å². The number of carbonyl (C=O) groups is 1. The first-order valence-corrected chi connectivity index (χ1v) is 6.16. The van der Waals surface area contributed by atoms with Crippen LogP contribution in [0, 0.1) is 0 Å². The Bertz CT molecular complexity index is 398. The van der Waals surface area contributed by atoms with E-state index in [1.54, 1.807) is 6.20 Å². The topological polar surface area (TPSA) is 53.4 Å². The van der Waals surface area contributed by atoms with Crippen LogP contribution in [0.2, 0.25) is 0 Å². The largest absolute Gasteiger partial charge is 0.465 e. The fourth-order valence-corrected chi connectivity index (χ4v) is 2.05. The van der Waals surface area contributed by atoms with E-state index in [-0.39, 0.29) is 6.04 Å². The van der Waals surface area contributed by atoms with Crippen molar-refractivity contribution in [2.24, 2.45) is 0 Å². The molecule has 0 aliphatic heterocycles. The average Bonchev–Trinajstić information content (AvgIpc) is 2.15. The van der Waals surface area contributed by atoms with Crippen molar-refractivity contribution in [1.29, 1.82) is 0 Å². The fourth-order valence-electron chi connectivity index (χ4n) is 1.82. The summed E-state index contributed by atoms with van der Waals surface area (Å²) in [7, 11) is 0. The van der Waals surface area contributed by atoms with Crippen LogP contribution >= 0.6 is 15.9 Å². The third-order valence-corrected chi connectivity index (χ3v) is 3.02. The molecule has 0 saturated heterocycles. The Kier molecular flexibility index (Phi) is 4.14. The lowest BCUT2D eigenvalue weighted by molar-refractivity contribution is 0.0752.